The average molecular weight is 251 g/mol. The molecule has 16 heavy (non-hydrogen) atoms. The van der Waals surface area contributed by atoms with Crippen LogP contribution < -0.4 is 10.9 Å². The number of rotatable bonds is 3. The van der Waals surface area contributed by atoms with E-state index < -0.39 is 8.32 Å². The molecule has 0 bridgehead atoms. The normalized spacial score (nSPS) is 12.2. The monoisotopic (exact) mass is 251 g/mol. The molecule has 1 aromatic carbocycles. The van der Waals surface area contributed by atoms with Crippen molar-refractivity contribution >= 4 is 34.9 Å². The third-order valence-corrected chi connectivity index (χ3v) is 5.55. The molecule has 2 rings (SSSR count). The van der Waals surface area contributed by atoms with E-state index in [-0.39, 0.29) is 0 Å². The Morgan fingerprint density at radius 1 is 1.31 bits per heavy atom. The van der Waals surface area contributed by atoms with E-state index in [4.69, 9.17) is 5.73 Å². The topological polar surface area (TPSA) is 46.2 Å². The Morgan fingerprint density at radius 2 is 2.06 bits per heavy atom. The highest BCUT2D eigenvalue weighted by atomic mass is 32.1. The minimum absolute atomic E-state index is 0.694. The lowest BCUT2D eigenvalue weighted by Gasteiger charge is -2.13. The van der Waals surface area contributed by atoms with Crippen molar-refractivity contribution in [2.24, 2.45) is 5.73 Å². The van der Waals surface area contributed by atoms with E-state index >= 15 is 0 Å². The van der Waals surface area contributed by atoms with Crippen molar-refractivity contribution in [2.75, 3.05) is 6.54 Å². The molecule has 1 heterocycles. The van der Waals surface area contributed by atoms with Gasteiger partial charge in [0.05, 0.1) is 0 Å². The van der Waals surface area contributed by atoms with Crippen molar-refractivity contribution < 1.29 is 4.80 Å². The maximum atomic E-state index is 10.1. The van der Waals surface area contributed by atoms with Gasteiger partial charge in [-0.05, 0) is 48.8 Å². The molecule has 0 aliphatic heterocycles. The van der Waals surface area contributed by atoms with Crippen LogP contribution in [-0.2, 0) is 6.42 Å². The van der Waals surface area contributed by atoms with Crippen LogP contribution in [-0.4, -0.2) is 19.7 Å². The molecule has 0 fully saturated rings. The Morgan fingerprint density at radius 3 is 2.69 bits per heavy atom. The van der Waals surface area contributed by atoms with Crippen LogP contribution in [0.15, 0.2) is 24.3 Å². The molecule has 0 atom stereocenters. The third kappa shape index (κ3) is 2.35. The van der Waals surface area contributed by atoms with Gasteiger partial charge in [0.1, 0.15) is 0 Å². The molecule has 86 valence electrons. The molecule has 0 aliphatic rings. The summed E-state index contributed by atoms with van der Waals surface area (Å²) >= 11 is 1.78. The maximum absolute atomic E-state index is 10.1. The number of benzene rings is 1. The molecule has 0 spiro atoms. The predicted molar refractivity (Wildman–Crippen MR) is 73.9 cm³/mol. The van der Waals surface area contributed by atoms with Crippen molar-refractivity contribution in [2.45, 2.75) is 19.5 Å². The Hall–Kier alpha value is -0.683. The fourth-order valence-corrected chi connectivity index (χ4v) is 3.94. The van der Waals surface area contributed by atoms with Crippen LogP contribution >= 0.6 is 11.3 Å². The molecule has 0 aliphatic carbocycles. The molecule has 0 radical (unpaired) electrons. The van der Waals surface area contributed by atoms with E-state index in [9.17, 15) is 4.80 Å². The zero-order chi connectivity index (χ0) is 11.8. The summed E-state index contributed by atoms with van der Waals surface area (Å²) < 4.78 is 1.26. The Kier molecular flexibility index (Phi) is 3.16. The number of fused-ring (bicyclic) bond motifs is 1. The molecule has 0 saturated heterocycles. The summed E-state index contributed by atoms with van der Waals surface area (Å²) in [7, 11) is -2.18. The first-order valence-corrected chi connectivity index (χ1v) is 9.22. The molecular formula is C12H17NOSSi. The Labute approximate surface area is 101 Å². The second-order valence-electron chi connectivity index (χ2n) is 4.56. The Balaban J connectivity index is 2.46. The zero-order valence-corrected chi connectivity index (χ0v) is 11.5. The fourth-order valence-electron chi connectivity index (χ4n) is 1.73. The molecular weight excluding hydrogens is 234 g/mol. The van der Waals surface area contributed by atoms with Gasteiger partial charge in [0.15, 0.2) is 0 Å². The summed E-state index contributed by atoms with van der Waals surface area (Å²) in [6, 6.07) is 8.48. The van der Waals surface area contributed by atoms with Crippen LogP contribution in [0.2, 0.25) is 13.1 Å². The molecule has 2 aromatic rings. The first-order valence-electron chi connectivity index (χ1n) is 5.46. The summed E-state index contributed by atoms with van der Waals surface area (Å²) in [6.07, 6.45) is 0.939. The van der Waals surface area contributed by atoms with Crippen molar-refractivity contribution in [3.8, 4) is 0 Å². The second kappa shape index (κ2) is 4.29. The lowest BCUT2D eigenvalue weighted by atomic mass is 10.2. The van der Waals surface area contributed by atoms with Crippen LogP contribution in [0.1, 0.15) is 4.88 Å². The largest absolute Gasteiger partial charge is 0.428 e. The van der Waals surface area contributed by atoms with Crippen LogP contribution in [0.5, 0.6) is 0 Å². The van der Waals surface area contributed by atoms with Gasteiger partial charge in [-0.25, -0.2) is 0 Å². The van der Waals surface area contributed by atoms with Gasteiger partial charge in [-0.1, -0.05) is 12.1 Å². The minimum atomic E-state index is -2.18. The molecule has 4 heteroatoms. The standard InChI is InChI=1S/C12H17NOSSi/c1-16(2,14)11-4-3-9-7-10(5-6-13)15-12(9)8-11/h3-4,7-8,14H,5-6,13H2,1-2H3. The number of hydrogen-bond donors (Lipinski definition) is 2. The van der Waals surface area contributed by atoms with Gasteiger partial charge < -0.3 is 10.5 Å². The first kappa shape index (κ1) is 11.8. The number of thiophene rings is 1. The van der Waals surface area contributed by atoms with Crippen LogP contribution in [0, 0.1) is 0 Å². The second-order valence-corrected chi connectivity index (χ2v) is 9.43. The van der Waals surface area contributed by atoms with Gasteiger partial charge in [0, 0.05) is 9.58 Å². The van der Waals surface area contributed by atoms with Crippen molar-refractivity contribution in [1.82, 2.24) is 0 Å². The quantitative estimate of drug-likeness (QED) is 0.817. The van der Waals surface area contributed by atoms with E-state index in [0.29, 0.717) is 6.54 Å². The van der Waals surface area contributed by atoms with Crippen molar-refractivity contribution in [3.05, 3.63) is 29.1 Å². The highest BCUT2D eigenvalue weighted by molar-refractivity contribution is 7.19. The van der Waals surface area contributed by atoms with E-state index in [1.54, 1.807) is 11.3 Å². The molecule has 3 N–H and O–H groups in total. The maximum Gasteiger partial charge on any atom is 0.214 e. The van der Waals surface area contributed by atoms with E-state index in [0.717, 1.165) is 11.6 Å². The van der Waals surface area contributed by atoms with Gasteiger partial charge in [-0.15, -0.1) is 11.3 Å². The first-order chi connectivity index (χ1) is 7.50. The molecule has 1 aromatic heterocycles. The van der Waals surface area contributed by atoms with Gasteiger partial charge in [-0.2, -0.15) is 0 Å². The summed E-state index contributed by atoms with van der Waals surface area (Å²) in [6.45, 7) is 4.59. The van der Waals surface area contributed by atoms with Crippen molar-refractivity contribution in [1.29, 1.82) is 0 Å². The fraction of sp³-hybridized carbons (Fsp3) is 0.333. The summed E-state index contributed by atoms with van der Waals surface area (Å²) in [4.78, 5) is 11.4. The summed E-state index contributed by atoms with van der Waals surface area (Å²) in [5, 5.41) is 2.36. The zero-order valence-electron chi connectivity index (χ0n) is 9.66. The van der Waals surface area contributed by atoms with Gasteiger partial charge >= 0.3 is 0 Å². The Bertz CT molecular complexity index is 501. The van der Waals surface area contributed by atoms with Crippen LogP contribution in [0.25, 0.3) is 10.1 Å². The van der Waals surface area contributed by atoms with Crippen LogP contribution in [0.4, 0.5) is 0 Å². The van der Waals surface area contributed by atoms with Crippen LogP contribution in [0.3, 0.4) is 0 Å². The minimum Gasteiger partial charge on any atom is -0.428 e. The van der Waals surface area contributed by atoms with E-state index in [1.807, 2.05) is 19.2 Å². The van der Waals surface area contributed by atoms with Crippen molar-refractivity contribution in [3.63, 3.8) is 0 Å². The SMILES string of the molecule is C[Si](C)(O)c1ccc2cc(CCN)sc2c1. The smallest absolute Gasteiger partial charge is 0.214 e. The number of nitrogens with two attached hydrogens (primary N) is 1. The summed E-state index contributed by atoms with van der Waals surface area (Å²) in [5.74, 6) is 0. The summed E-state index contributed by atoms with van der Waals surface area (Å²) in [5.41, 5.74) is 5.56. The molecule has 2 nitrogen and oxygen atoms in total. The lowest BCUT2D eigenvalue weighted by molar-refractivity contribution is 0.568. The van der Waals surface area contributed by atoms with Gasteiger partial charge in [0.2, 0.25) is 8.32 Å². The average Bonchev–Trinajstić information content (AvgIpc) is 2.57. The predicted octanol–water partition coefficient (Wildman–Crippen LogP) is 1.81. The lowest BCUT2D eigenvalue weighted by Crippen LogP contribution is -2.41. The van der Waals surface area contributed by atoms with E-state index in [2.05, 4.69) is 18.2 Å². The molecule has 0 unspecified atom stereocenters. The highest BCUT2D eigenvalue weighted by Crippen LogP contribution is 2.25. The number of hydrogen-bond acceptors (Lipinski definition) is 3. The highest BCUT2D eigenvalue weighted by Gasteiger charge is 2.20. The van der Waals surface area contributed by atoms with Gasteiger partial charge in [-0.3, -0.25) is 0 Å². The molecule has 0 amide bonds. The van der Waals surface area contributed by atoms with E-state index in [1.165, 1.54) is 15.0 Å². The molecule has 0 saturated carbocycles. The third-order valence-electron chi connectivity index (χ3n) is 2.67. The van der Waals surface area contributed by atoms with Gasteiger partial charge in [0.25, 0.3) is 0 Å².